The van der Waals surface area contributed by atoms with Crippen LogP contribution in [0.1, 0.15) is 11.1 Å². The molecular formula is C38H20N2O2. The molecule has 0 aliphatic rings. The lowest BCUT2D eigenvalue weighted by molar-refractivity contribution is 0.669. The Kier molecular flexibility index (Phi) is 5.22. The Hall–Kier alpha value is -6.10. The number of para-hydroxylation sites is 2. The van der Waals surface area contributed by atoms with E-state index in [4.69, 9.17) is 8.83 Å². The third kappa shape index (κ3) is 3.68. The first kappa shape index (κ1) is 23.8. The summed E-state index contributed by atoms with van der Waals surface area (Å²) in [5.74, 6) is 0. The molecule has 6 aromatic carbocycles. The first-order valence-corrected chi connectivity index (χ1v) is 13.6. The number of fused-ring (bicyclic) bond motifs is 6. The number of hydrogen-bond donors (Lipinski definition) is 0. The predicted octanol–water partition coefficient (Wildman–Crippen LogP) is 10.2. The maximum atomic E-state index is 9.60. The van der Waals surface area contributed by atoms with E-state index in [1.54, 1.807) is 6.07 Å². The summed E-state index contributed by atoms with van der Waals surface area (Å²) >= 11 is 0. The van der Waals surface area contributed by atoms with Crippen molar-refractivity contribution in [3.05, 3.63) is 132 Å². The molecule has 4 nitrogen and oxygen atoms in total. The van der Waals surface area contributed by atoms with Gasteiger partial charge in [0.15, 0.2) is 0 Å². The van der Waals surface area contributed by atoms with Crippen LogP contribution >= 0.6 is 0 Å². The number of nitriles is 2. The van der Waals surface area contributed by atoms with E-state index in [-0.39, 0.29) is 0 Å². The van der Waals surface area contributed by atoms with Crippen molar-refractivity contribution in [3.8, 4) is 45.5 Å². The van der Waals surface area contributed by atoms with Gasteiger partial charge < -0.3 is 8.83 Å². The molecule has 194 valence electrons. The lowest BCUT2D eigenvalue weighted by atomic mass is 9.90. The highest BCUT2D eigenvalue weighted by molar-refractivity contribution is 6.14. The minimum absolute atomic E-state index is 0.583. The quantitative estimate of drug-likeness (QED) is 0.225. The molecule has 42 heavy (non-hydrogen) atoms. The van der Waals surface area contributed by atoms with Crippen LogP contribution in [0.25, 0.3) is 77.3 Å². The van der Waals surface area contributed by atoms with E-state index >= 15 is 0 Å². The molecule has 2 heterocycles. The van der Waals surface area contributed by atoms with E-state index in [1.165, 1.54) is 0 Å². The molecule has 0 fully saturated rings. The largest absolute Gasteiger partial charge is 0.456 e. The lowest BCUT2D eigenvalue weighted by Crippen LogP contribution is -1.88. The summed E-state index contributed by atoms with van der Waals surface area (Å²) in [6.07, 6.45) is 0. The summed E-state index contributed by atoms with van der Waals surface area (Å²) in [4.78, 5) is 0. The zero-order valence-electron chi connectivity index (χ0n) is 22.3. The molecule has 2 aromatic heterocycles. The highest BCUT2D eigenvalue weighted by Crippen LogP contribution is 2.42. The fourth-order valence-electron chi connectivity index (χ4n) is 5.98. The van der Waals surface area contributed by atoms with Gasteiger partial charge in [0.2, 0.25) is 0 Å². The van der Waals surface area contributed by atoms with Crippen molar-refractivity contribution in [3.63, 3.8) is 0 Å². The molecule has 0 bridgehead atoms. The topological polar surface area (TPSA) is 73.9 Å². The van der Waals surface area contributed by atoms with Gasteiger partial charge in [-0.05, 0) is 88.5 Å². The molecule has 4 heteroatoms. The number of benzene rings is 6. The van der Waals surface area contributed by atoms with Crippen LogP contribution in [0, 0.1) is 22.7 Å². The average molecular weight is 537 g/mol. The second kappa shape index (κ2) is 9.24. The number of nitrogens with zero attached hydrogens (tertiary/aromatic N) is 2. The third-order valence-corrected chi connectivity index (χ3v) is 7.91. The van der Waals surface area contributed by atoms with Gasteiger partial charge in [-0.15, -0.1) is 0 Å². The summed E-state index contributed by atoms with van der Waals surface area (Å²) in [6.45, 7) is 0. The Balaban J connectivity index is 1.44. The first-order chi connectivity index (χ1) is 20.7. The van der Waals surface area contributed by atoms with E-state index in [9.17, 15) is 10.5 Å². The highest BCUT2D eigenvalue weighted by atomic mass is 16.3. The number of hydrogen-bond acceptors (Lipinski definition) is 4. The first-order valence-electron chi connectivity index (χ1n) is 13.6. The zero-order valence-corrected chi connectivity index (χ0v) is 22.3. The standard InChI is InChI=1S/C38H20N2O2/c39-21-23-6-3-7-25(16-23)26-18-27(29-9-5-13-36-37(29)33-17-24(22-40)14-15-35(33)41-36)20-28(19-26)30-10-4-11-32-31-8-1-2-12-34(31)42-38(30)32/h1-20H. The SMILES string of the molecule is N#Cc1cccc(-c2cc(-c3cccc4c3oc3ccccc34)cc(-c3cccc4oc5ccc(C#N)cc5c34)c2)c1. The van der Waals surface area contributed by atoms with Crippen LogP contribution in [0.3, 0.4) is 0 Å². The van der Waals surface area contributed by atoms with Crippen LogP contribution in [0.5, 0.6) is 0 Å². The van der Waals surface area contributed by atoms with Crippen LogP contribution in [-0.2, 0) is 0 Å². The van der Waals surface area contributed by atoms with Crippen LogP contribution in [-0.4, -0.2) is 0 Å². The van der Waals surface area contributed by atoms with Crippen molar-refractivity contribution >= 4 is 43.9 Å². The van der Waals surface area contributed by atoms with E-state index in [0.29, 0.717) is 11.1 Å². The van der Waals surface area contributed by atoms with Gasteiger partial charge in [-0.2, -0.15) is 10.5 Å². The van der Waals surface area contributed by atoms with Crippen LogP contribution < -0.4 is 0 Å². The van der Waals surface area contributed by atoms with Crippen molar-refractivity contribution in [2.24, 2.45) is 0 Å². The summed E-state index contributed by atoms with van der Waals surface area (Å²) in [6, 6.07) is 44.6. The molecule has 0 unspecified atom stereocenters. The van der Waals surface area contributed by atoms with Gasteiger partial charge in [-0.3, -0.25) is 0 Å². The minimum atomic E-state index is 0.583. The predicted molar refractivity (Wildman–Crippen MR) is 167 cm³/mol. The maximum Gasteiger partial charge on any atom is 0.143 e. The van der Waals surface area contributed by atoms with Crippen LogP contribution in [0.4, 0.5) is 0 Å². The Labute approximate surface area is 240 Å². The second-order valence-electron chi connectivity index (χ2n) is 10.4. The zero-order chi connectivity index (χ0) is 28.2. The molecule has 0 saturated heterocycles. The summed E-state index contributed by atoms with van der Waals surface area (Å²) in [5, 5.41) is 23.2. The van der Waals surface area contributed by atoms with Crippen LogP contribution in [0.2, 0.25) is 0 Å². The minimum Gasteiger partial charge on any atom is -0.456 e. The molecule has 0 spiro atoms. The Morgan fingerprint density at radius 2 is 1.10 bits per heavy atom. The molecule has 0 atom stereocenters. The van der Waals surface area contributed by atoms with Crippen molar-refractivity contribution < 1.29 is 8.83 Å². The smallest absolute Gasteiger partial charge is 0.143 e. The molecule has 8 aromatic rings. The molecule has 0 amide bonds. The van der Waals surface area contributed by atoms with E-state index < -0.39 is 0 Å². The van der Waals surface area contributed by atoms with Gasteiger partial charge in [0, 0.05) is 27.1 Å². The van der Waals surface area contributed by atoms with Crippen molar-refractivity contribution in [2.75, 3.05) is 0 Å². The summed E-state index contributed by atoms with van der Waals surface area (Å²) in [5.41, 5.74) is 10.3. The average Bonchev–Trinajstić information content (AvgIpc) is 3.62. The van der Waals surface area contributed by atoms with Crippen LogP contribution in [0.15, 0.2) is 130 Å². The molecule has 0 aliphatic carbocycles. The maximum absolute atomic E-state index is 9.60. The van der Waals surface area contributed by atoms with Crippen molar-refractivity contribution in [2.45, 2.75) is 0 Å². The molecule has 0 radical (unpaired) electrons. The van der Waals surface area contributed by atoms with Gasteiger partial charge in [0.1, 0.15) is 22.3 Å². The number of furan rings is 2. The Morgan fingerprint density at radius 1 is 0.429 bits per heavy atom. The van der Waals surface area contributed by atoms with Gasteiger partial charge in [-0.1, -0.05) is 60.7 Å². The molecular weight excluding hydrogens is 516 g/mol. The number of rotatable bonds is 3. The molecule has 0 aliphatic heterocycles. The fraction of sp³-hybridized carbons (Fsp3) is 0. The van der Waals surface area contributed by atoms with Gasteiger partial charge in [0.25, 0.3) is 0 Å². The highest BCUT2D eigenvalue weighted by Gasteiger charge is 2.17. The van der Waals surface area contributed by atoms with Gasteiger partial charge >= 0.3 is 0 Å². The fourth-order valence-corrected chi connectivity index (χ4v) is 5.98. The second-order valence-corrected chi connectivity index (χ2v) is 10.4. The van der Waals surface area contributed by atoms with E-state index in [0.717, 1.165) is 77.3 Å². The van der Waals surface area contributed by atoms with Crippen molar-refractivity contribution in [1.82, 2.24) is 0 Å². The monoisotopic (exact) mass is 536 g/mol. The summed E-state index contributed by atoms with van der Waals surface area (Å²) in [7, 11) is 0. The van der Waals surface area contributed by atoms with E-state index in [1.807, 2.05) is 66.7 Å². The summed E-state index contributed by atoms with van der Waals surface area (Å²) < 4.78 is 12.6. The lowest BCUT2D eigenvalue weighted by Gasteiger charge is -2.13. The molecule has 0 saturated carbocycles. The van der Waals surface area contributed by atoms with Gasteiger partial charge in [-0.25, -0.2) is 0 Å². The normalized spacial score (nSPS) is 11.3. The molecule has 8 rings (SSSR count). The van der Waals surface area contributed by atoms with E-state index in [2.05, 4.69) is 60.7 Å². The molecule has 0 N–H and O–H groups in total. The Morgan fingerprint density at radius 3 is 1.98 bits per heavy atom. The van der Waals surface area contributed by atoms with Gasteiger partial charge in [0.05, 0.1) is 23.3 Å². The van der Waals surface area contributed by atoms with Crippen molar-refractivity contribution in [1.29, 1.82) is 10.5 Å². The Bertz CT molecular complexity index is 2450. The third-order valence-electron chi connectivity index (χ3n) is 7.91.